The minimum absolute atomic E-state index is 0.0898. The number of rotatable bonds is 0. The fourth-order valence-electron chi connectivity index (χ4n) is 6.68. The van der Waals surface area contributed by atoms with E-state index in [1.807, 2.05) is 0 Å². The van der Waals surface area contributed by atoms with E-state index in [-0.39, 0.29) is 23.0 Å². The maximum Gasteiger partial charge on any atom is 0.0908 e. The molecular formula is C20H30O2. The summed E-state index contributed by atoms with van der Waals surface area (Å²) < 4.78 is 0. The monoisotopic (exact) mass is 302 g/mol. The Labute approximate surface area is 134 Å². The van der Waals surface area contributed by atoms with Crippen molar-refractivity contribution in [2.24, 2.45) is 28.6 Å². The molecule has 4 rings (SSSR count). The van der Waals surface area contributed by atoms with Gasteiger partial charge in [0.25, 0.3) is 0 Å². The number of aliphatic hydroxyl groups excluding tert-OH is 2. The first-order chi connectivity index (χ1) is 10.4. The highest BCUT2D eigenvalue weighted by molar-refractivity contribution is 5.38. The molecular weight excluding hydrogens is 272 g/mol. The van der Waals surface area contributed by atoms with E-state index in [4.69, 9.17) is 0 Å². The van der Waals surface area contributed by atoms with Gasteiger partial charge in [-0.3, -0.25) is 0 Å². The third kappa shape index (κ3) is 1.74. The SMILES string of the molecule is CC1=CC(O)C=C2CC[C@@H]3[C@H](CC[C@]4(C)C(O)CC[C@@H]34)[C@@]12C. The summed E-state index contributed by atoms with van der Waals surface area (Å²) in [6.45, 7) is 6.98. The van der Waals surface area contributed by atoms with Gasteiger partial charge in [-0.25, -0.2) is 0 Å². The molecule has 0 spiro atoms. The second kappa shape index (κ2) is 4.70. The molecule has 0 aromatic carbocycles. The van der Waals surface area contributed by atoms with Gasteiger partial charge in [0.2, 0.25) is 0 Å². The summed E-state index contributed by atoms with van der Waals surface area (Å²) in [5.74, 6) is 2.13. The Morgan fingerprint density at radius 3 is 2.55 bits per heavy atom. The molecule has 0 aliphatic heterocycles. The van der Waals surface area contributed by atoms with E-state index in [9.17, 15) is 10.2 Å². The standard InChI is InChI=1S/C20H30O2/c1-12-10-14(21)11-13-4-5-15-16-6-7-18(22)19(16,2)9-8-17(15)20(12,13)3/h10-11,14-18,21-22H,4-9H2,1-3H3/t14?,15-,16-,17-,18?,19-,20-/m0/s1. The Bertz CT molecular complexity index is 548. The van der Waals surface area contributed by atoms with E-state index >= 15 is 0 Å². The largest absolute Gasteiger partial charge is 0.393 e. The highest BCUT2D eigenvalue weighted by Gasteiger charge is 2.59. The van der Waals surface area contributed by atoms with Crippen molar-refractivity contribution in [2.45, 2.75) is 71.5 Å². The number of aliphatic hydroxyl groups is 2. The van der Waals surface area contributed by atoms with Crippen LogP contribution in [0.25, 0.3) is 0 Å². The molecule has 0 bridgehead atoms. The number of fused-ring (bicyclic) bond motifs is 5. The van der Waals surface area contributed by atoms with Crippen molar-refractivity contribution in [1.82, 2.24) is 0 Å². The van der Waals surface area contributed by atoms with Gasteiger partial charge in [-0.15, -0.1) is 0 Å². The number of hydrogen-bond acceptors (Lipinski definition) is 2. The molecule has 3 saturated carbocycles. The van der Waals surface area contributed by atoms with Gasteiger partial charge in [0.05, 0.1) is 12.2 Å². The molecule has 0 amide bonds. The van der Waals surface area contributed by atoms with Gasteiger partial charge in [0.1, 0.15) is 0 Å². The zero-order valence-corrected chi connectivity index (χ0v) is 14.2. The van der Waals surface area contributed by atoms with Gasteiger partial charge >= 0.3 is 0 Å². The van der Waals surface area contributed by atoms with Crippen LogP contribution >= 0.6 is 0 Å². The van der Waals surface area contributed by atoms with Gasteiger partial charge in [-0.1, -0.05) is 37.1 Å². The van der Waals surface area contributed by atoms with Crippen LogP contribution in [-0.4, -0.2) is 22.4 Å². The Morgan fingerprint density at radius 2 is 1.77 bits per heavy atom. The van der Waals surface area contributed by atoms with Crippen molar-refractivity contribution in [1.29, 1.82) is 0 Å². The quantitative estimate of drug-likeness (QED) is 0.668. The van der Waals surface area contributed by atoms with Gasteiger partial charge in [-0.2, -0.15) is 0 Å². The third-order valence-corrected chi connectivity index (χ3v) is 8.15. The van der Waals surface area contributed by atoms with E-state index in [1.54, 1.807) is 0 Å². The van der Waals surface area contributed by atoms with Crippen molar-refractivity contribution >= 4 is 0 Å². The normalized spacial score (nSPS) is 54.0. The molecule has 7 atom stereocenters. The lowest BCUT2D eigenvalue weighted by molar-refractivity contribution is -0.0641. The average molecular weight is 302 g/mol. The molecule has 22 heavy (non-hydrogen) atoms. The predicted octanol–water partition coefficient (Wildman–Crippen LogP) is 3.84. The van der Waals surface area contributed by atoms with Crippen LogP contribution in [0, 0.1) is 28.6 Å². The molecule has 2 unspecified atom stereocenters. The molecule has 3 fully saturated rings. The van der Waals surface area contributed by atoms with E-state index < -0.39 is 0 Å². The van der Waals surface area contributed by atoms with Gasteiger partial charge < -0.3 is 10.2 Å². The molecule has 0 heterocycles. The fraction of sp³-hybridized carbons (Fsp3) is 0.800. The lowest BCUT2D eigenvalue weighted by Crippen LogP contribution is -2.51. The smallest absolute Gasteiger partial charge is 0.0908 e. The van der Waals surface area contributed by atoms with Crippen LogP contribution in [0.15, 0.2) is 23.3 Å². The summed E-state index contributed by atoms with van der Waals surface area (Å²) in [6, 6.07) is 0. The minimum Gasteiger partial charge on any atom is -0.393 e. The Kier molecular flexibility index (Phi) is 3.20. The molecule has 4 aliphatic carbocycles. The summed E-state index contributed by atoms with van der Waals surface area (Å²) in [7, 11) is 0. The molecule has 0 saturated heterocycles. The zero-order valence-electron chi connectivity index (χ0n) is 14.2. The highest BCUT2D eigenvalue weighted by atomic mass is 16.3. The van der Waals surface area contributed by atoms with Crippen molar-refractivity contribution in [3.05, 3.63) is 23.3 Å². The molecule has 2 nitrogen and oxygen atoms in total. The van der Waals surface area contributed by atoms with E-state index in [0.717, 1.165) is 18.8 Å². The van der Waals surface area contributed by atoms with Gasteiger partial charge in [-0.05, 0) is 68.6 Å². The molecule has 2 heteroatoms. The molecule has 2 N–H and O–H groups in total. The maximum absolute atomic E-state index is 10.5. The molecule has 0 aromatic rings. The maximum atomic E-state index is 10.5. The zero-order chi connectivity index (χ0) is 15.7. The first-order valence-corrected chi connectivity index (χ1v) is 9.13. The average Bonchev–Trinajstić information content (AvgIpc) is 2.77. The fourth-order valence-corrected chi connectivity index (χ4v) is 6.68. The minimum atomic E-state index is -0.387. The first-order valence-electron chi connectivity index (χ1n) is 9.13. The molecule has 4 aliphatic rings. The first kappa shape index (κ1) is 15.0. The summed E-state index contributed by atoms with van der Waals surface area (Å²) in [5, 5.41) is 20.6. The second-order valence-corrected chi connectivity index (χ2v) is 8.79. The van der Waals surface area contributed by atoms with Crippen LogP contribution in [0.2, 0.25) is 0 Å². The van der Waals surface area contributed by atoms with Crippen molar-refractivity contribution in [3.63, 3.8) is 0 Å². The van der Waals surface area contributed by atoms with Crippen LogP contribution in [0.4, 0.5) is 0 Å². The van der Waals surface area contributed by atoms with Gasteiger partial charge in [0, 0.05) is 5.41 Å². The van der Waals surface area contributed by atoms with Crippen LogP contribution in [0.3, 0.4) is 0 Å². The number of allylic oxidation sites excluding steroid dienone is 2. The van der Waals surface area contributed by atoms with Crippen molar-refractivity contribution in [2.75, 3.05) is 0 Å². The van der Waals surface area contributed by atoms with Crippen molar-refractivity contribution < 1.29 is 10.2 Å². The Balaban J connectivity index is 1.72. The van der Waals surface area contributed by atoms with Crippen LogP contribution < -0.4 is 0 Å². The molecule has 122 valence electrons. The lowest BCUT2D eigenvalue weighted by atomic mass is 9.47. The van der Waals surface area contributed by atoms with E-state index in [2.05, 4.69) is 32.9 Å². The van der Waals surface area contributed by atoms with Crippen LogP contribution in [0.5, 0.6) is 0 Å². The van der Waals surface area contributed by atoms with Gasteiger partial charge in [0.15, 0.2) is 0 Å². The summed E-state index contributed by atoms with van der Waals surface area (Å²) >= 11 is 0. The second-order valence-electron chi connectivity index (χ2n) is 8.79. The summed E-state index contributed by atoms with van der Waals surface area (Å²) in [4.78, 5) is 0. The topological polar surface area (TPSA) is 40.5 Å². The van der Waals surface area contributed by atoms with E-state index in [0.29, 0.717) is 11.8 Å². The predicted molar refractivity (Wildman–Crippen MR) is 88.2 cm³/mol. The number of hydrogen-bond donors (Lipinski definition) is 2. The van der Waals surface area contributed by atoms with Crippen LogP contribution in [-0.2, 0) is 0 Å². The third-order valence-electron chi connectivity index (χ3n) is 8.15. The van der Waals surface area contributed by atoms with E-state index in [1.165, 1.54) is 36.8 Å². The highest BCUT2D eigenvalue weighted by Crippen LogP contribution is 2.65. The Hall–Kier alpha value is -0.600. The van der Waals surface area contributed by atoms with Crippen LogP contribution in [0.1, 0.15) is 59.3 Å². The lowest BCUT2D eigenvalue weighted by Gasteiger charge is -2.58. The molecule has 0 radical (unpaired) electrons. The van der Waals surface area contributed by atoms with Crippen molar-refractivity contribution in [3.8, 4) is 0 Å². The Morgan fingerprint density at radius 1 is 1.00 bits per heavy atom. The molecule has 0 aromatic heterocycles. The summed E-state index contributed by atoms with van der Waals surface area (Å²) in [6.07, 6.45) is 10.7. The summed E-state index contributed by atoms with van der Waals surface area (Å²) in [5.41, 5.74) is 3.15.